The molecular formula is C29H29NO6. The van der Waals surface area contributed by atoms with Gasteiger partial charge >= 0.3 is 0 Å². The molecule has 0 spiro atoms. The molecule has 0 bridgehead atoms. The fraction of sp³-hybridized carbons (Fsp3) is 0.241. The molecule has 2 N–H and O–H groups in total. The second-order valence-electron chi connectivity index (χ2n) is 8.74. The summed E-state index contributed by atoms with van der Waals surface area (Å²) in [5.41, 5.74) is 3.10. The summed E-state index contributed by atoms with van der Waals surface area (Å²) in [4.78, 5) is 27.4. The van der Waals surface area contributed by atoms with Crippen LogP contribution < -0.4 is 4.74 Å². The van der Waals surface area contributed by atoms with Crippen LogP contribution in [0.2, 0.25) is 0 Å². The zero-order chi connectivity index (χ0) is 25.7. The van der Waals surface area contributed by atoms with Crippen LogP contribution in [0.15, 0.2) is 78.4 Å². The van der Waals surface area contributed by atoms with Gasteiger partial charge in [-0.05, 0) is 60.9 Å². The van der Waals surface area contributed by atoms with E-state index in [0.29, 0.717) is 36.5 Å². The molecule has 7 nitrogen and oxygen atoms in total. The number of carbonyl (C=O) groups is 2. The number of nitrogens with zero attached hydrogens (tertiary/aromatic N) is 1. The first-order chi connectivity index (χ1) is 17.4. The molecule has 1 aliphatic heterocycles. The molecule has 7 heteroatoms. The Morgan fingerprint density at radius 2 is 1.75 bits per heavy atom. The van der Waals surface area contributed by atoms with Gasteiger partial charge in [-0.3, -0.25) is 9.59 Å². The second-order valence-corrected chi connectivity index (χ2v) is 8.74. The van der Waals surface area contributed by atoms with Crippen LogP contribution in [-0.4, -0.2) is 47.1 Å². The Hall–Kier alpha value is -4.10. The number of Topliss-reactive ketones (excluding diaryl/α,β-unsaturated/α-hetero) is 1. The molecule has 36 heavy (non-hydrogen) atoms. The van der Waals surface area contributed by atoms with Crippen molar-refractivity contribution in [2.45, 2.75) is 26.0 Å². The van der Waals surface area contributed by atoms with Crippen LogP contribution in [0.3, 0.4) is 0 Å². The third kappa shape index (κ3) is 5.42. The van der Waals surface area contributed by atoms with E-state index in [-0.39, 0.29) is 23.6 Å². The van der Waals surface area contributed by atoms with Crippen LogP contribution in [0.1, 0.15) is 34.7 Å². The summed E-state index contributed by atoms with van der Waals surface area (Å²) in [6.45, 7) is 3.10. The van der Waals surface area contributed by atoms with Crippen LogP contribution in [0.5, 0.6) is 11.5 Å². The number of rotatable bonds is 9. The van der Waals surface area contributed by atoms with E-state index in [4.69, 9.17) is 9.47 Å². The van der Waals surface area contributed by atoms with Crippen molar-refractivity contribution in [3.63, 3.8) is 0 Å². The minimum atomic E-state index is -0.828. The smallest absolute Gasteiger partial charge is 0.295 e. The summed E-state index contributed by atoms with van der Waals surface area (Å²) >= 11 is 0. The molecule has 186 valence electrons. The molecule has 1 unspecified atom stereocenters. The van der Waals surface area contributed by atoms with Gasteiger partial charge in [0, 0.05) is 25.8 Å². The Morgan fingerprint density at radius 1 is 1.00 bits per heavy atom. The van der Waals surface area contributed by atoms with Gasteiger partial charge in [0.1, 0.15) is 23.9 Å². The van der Waals surface area contributed by atoms with Crippen molar-refractivity contribution in [3.05, 3.63) is 101 Å². The summed E-state index contributed by atoms with van der Waals surface area (Å²) < 4.78 is 11.0. The maximum absolute atomic E-state index is 13.1. The molecule has 0 aliphatic carbocycles. The van der Waals surface area contributed by atoms with E-state index in [1.165, 1.54) is 17.0 Å². The lowest BCUT2D eigenvalue weighted by Gasteiger charge is -2.25. The van der Waals surface area contributed by atoms with Crippen molar-refractivity contribution in [2.75, 3.05) is 20.3 Å². The number of amides is 1. The molecule has 3 aromatic rings. The number of carbonyl (C=O) groups excluding carboxylic acids is 2. The lowest BCUT2D eigenvalue weighted by atomic mass is 9.95. The molecule has 0 aromatic heterocycles. The standard InChI is InChI=1S/C29H29NO6/c1-19-6-3-7-20(16-19)18-36-24-12-10-21(11-13-24)27(32)25-26(22-8-4-9-23(31)17-22)30(14-5-15-35-2)29(34)28(25)33/h3-4,6-13,16-17,26,31-32H,5,14-15,18H2,1-2H3/b27-25+. The lowest BCUT2D eigenvalue weighted by molar-refractivity contribution is -0.140. The highest BCUT2D eigenvalue weighted by atomic mass is 16.5. The molecule has 4 rings (SSSR count). The number of phenolic OH excluding ortho intramolecular Hbond substituents is 1. The Labute approximate surface area is 210 Å². The predicted octanol–water partition coefficient (Wildman–Crippen LogP) is 4.74. The molecule has 1 atom stereocenters. The van der Waals surface area contributed by atoms with Gasteiger partial charge in [0.25, 0.3) is 11.7 Å². The van der Waals surface area contributed by atoms with Crippen LogP contribution in [-0.2, 0) is 20.9 Å². The quantitative estimate of drug-likeness (QED) is 0.196. The van der Waals surface area contributed by atoms with Crippen molar-refractivity contribution in [2.24, 2.45) is 0 Å². The van der Waals surface area contributed by atoms with Crippen LogP contribution in [0.4, 0.5) is 0 Å². The van der Waals surface area contributed by atoms with Crippen LogP contribution >= 0.6 is 0 Å². The first-order valence-corrected chi connectivity index (χ1v) is 11.7. The number of ketones is 1. The van der Waals surface area contributed by atoms with Crippen molar-refractivity contribution in [1.29, 1.82) is 0 Å². The molecule has 1 amide bonds. The zero-order valence-corrected chi connectivity index (χ0v) is 20.3. The van der Waals surface area contributed by atoms with Gasteiger partial charge in [-0.25, -0.2) is 0 Å². The van der Waals surface area contributed by atoms with E-state index in [0.717, 1.165) is 11.1 Å². The number of methoxy groups -OCH3 is 1. The number of hydrogen-bond acceptors (Lipinski definition) is 6. The van der Waals surface area contributed by atoms with Crippen molar-refractivity contribution in [3.8, 4) is 11.5 Å². The van der Waals surface area contributed by atoms with Gasteiger partial charge in [0.2, 0.25) is 0 Å². The average molecular weight is 488 g/mol. The van der Waals surface area contributed by atoms with E-state index in [9.17, 15) is 19.8 Å². The van der Waals surface area contributed by atoms with Crippen molar-refractivity contribution in [1.82, 2.24) is 4.90 Å². The van der Waals surface area contributed by atoms with Gasteiger partial charge in [0.15, 0.2) is 0 Å². The molecule has 1 aliphatic rings. The highest BCUT2D eigenvalue weighted by Crippen LogP contribution is 2.40. The number of aliphatic hydroxyl groups excluding tert-OH is 1. The van der Waals surface area contributed by atoms with Crippen LogP contribution in [0, 0.1) is 6.92 Å². The molecule has 1 saturated heterocycles. The summed E-state index contributed by atoms with van der Waals surface area (Å²) in [7, 11) is 1.56. The minimum Gasteiger partial charge on any atom is -0.508 e. The van der Waals surface area contributed by atoms with Gasteiger partial charge in [0.05, 0.1) is 11.6 Å². The lowest BCUT2D eigenvalue weighted by Crippen LogP contribution is -2.31. The second kappa shape index (κ2) is 11.1. The third-order valence-electron chi connectivity index (χ3n) is 6.09. The fourth-order valence-corrected chi connectivity index (χ4v) is 4.36. The summed E-state index contributed by atoms with van der Waals surface area (Å²) in [5, 5.41) is 21.2. The first-order valence-electron chi connectivity index (χ1n) is 11.7. The number of aromatic hydroxyl groups is 1. The maximum atomic E-state index is 13.1. The maximum Gasteiger partial charge on any atom is 0.295 e. The van der Waals surface area contributed by atoms with Gasteiger partial charge in [-0.1, -0.05) is 42.0 Å². The van der Waals surface area contributed by atoms with E-state index >= 15 is 0 Å². The number of phenols is 1. The van der Waals surface area contributed by atoms with Crippen LogP contribution in [0.25, 0.3) is 5.76 Å². The van der Waals surface area contributed by atoms with E-state index in [1.54, 1.807) is 43.5 Å². The molecule has 1 fully saturated rings. The summed E-state index contributed by atoms with van der Waals surface area (Å²) in [6.07, 6.45) is 0.520. The number of hydrogen-bond donors (Lipinski definition) is 2. The summed E-state index contributed by atoms with van der Waals surface area (Å²) in [6, 6.07) is 20.3. The van der Waals surface area contributed by atoms with Gasteiger partial charge in [-0.2, -0.15) is 0 Å². The Bertz CT molecular complexity index is 1280. The van der Waals surface area contributed by atoms with Gasteiger partial charge < -0.3 is 24.6 Å². The van der Waals surface area contributed by atoms with Gasteiger partial charge in [-0.15, -0.1) is 0 Å². The molecule has 1 heterocycles. The van der Waals surface area contributed by atoms with E-state index < -0.39 is 17.7 Å². The normalized spacial score (nSPS) is 16.9. The topological polar surface area (TPSA) is 96.3 Å². The number of benzene rings is 3. The highest BCUT2D eigenvalue weighted by Gasteiger charge is 2.45. The number of likely N-dealkylation sites (tertiary alicyclic amines) is 1. The molecule has 0 saturated carbocycles. The van der Waals surface area contributed by atoms with E-state index in [1.807, 2.05) is 31.2 Å². The Balaban J connectivity index is 1.63. The summed E-state index contributed by atoms with van der Waals surface area (Å²) in [5.74, 6) is -1.12. The largest absolute Gasteiger partial charge is 0.508 e. The Kier molecular flexibility index (Phi) is 7.71. The third-order valence-corrected chi connectivity index (χ3v) is 6.09. The highest BCUT2D eigenvalue weighted by molar-refractivity contribution is 6.46. The Morgan fingerprint density at radius 3 is 2.44 bits per heavy atom. The average Bonchev–Trinajstić information content (AvgIpc) is 3.13. The molecule has 0 radical (unpaired) electrons. The SMILES string of the molecule is COCCCN1C(=O)C(=O)/C(=C(/O)c2ccc(OCc3cccc(C)c3)cc2)C1c1cccc(O)c1. The number of ether oxygens (including phenoxy) is 2. The van der Waals surface area contributed by atoms with Crippen molar-refractivity contribution >= 4 is 17.4 Å². The fourth-order valence-electron chi connectivity index (χ4n) is 4.36. The minimum absolute atomic E-state index is 0.00471. The predicted molar refractivity (Wildman–Crippen MR) is 136 cm³/mol. The first kappa shape index (κ1) is 25.0. The zero-order valence-electron chi connectivity index (χ0n) is 20.3. The molecule has 3 aromatic carbocycles. The van der Waals surface area contributed by atoms with E-state index in [2.05, 4.69) is 0 Å². The van der Waals surface area contributed by atoms with Crippen molar-refractivity contribution < 1.29 is 29.3 Å². The molecular weight excluding hydrogens is 458 g/mol. The monoisotopic (exact) mass is 487 g/mol. The number of aryl methyl sites for hydroxylation is 1. The number of aliphatic hydroxyl groups is 1.